The molecule has 0 radical (unpaired) electrons. The molecule has 1 saturated heterocycles. The molecule has 2 heterocycles. The number of rotatable bonds is 7. The second-order valence-electron chi connectivity index (χ2n) is 14.8. The predicted molar refractivity (Wildman–Crippen MR) is 163 cm³/mol. The molecule has 3 fully saturated rings. The van der Waals surface area contributed by atoms with E-state index in [1.165, 1.54) is 49.4 Å². The molecule has 0 unspecified atom stereocenters. The third kappa shape index (κ3) is 4.32. The maximum absolute atomic E-state index is 7.48. The molecule has 0 N–H and O–H groups in total. The summed E-state index contributed by atoms with van der Waals surface area (Å²) < 4.78 is 21.7. The van der Waals surface area contributed by atoms with Crippen LogP contribution in [0.15, 0.2) is 23.3 Å². The third-order valence-corrected chi connectivity index (χ3v) is 22.2. The number of halogens is 1. The van der Waals surface area contributed by atoms with E-state index >= 15 is 0 Å². The van der Waals surface area contributed by atoms with Gasteiger partial charge in [0.2, 0.25) is 0 Å². The highest BCUT2D eigenvalue weighted by Gasteiger charge is 2.68. The van der Waals surface area contributed by atoms with E-state index in [4.69, 9.17) is 13.6 Å². The maximum atomic E-state index is 7.48. The van der Waals surface area contributed by atoms with Gasteiger partial charge in [0.05, 0.1) is 23.4 Å². The van der Waals surface area contributed by atoms with Gasteiger partial charge in [-0.25, -0.2) is 0 Å². The van der Waals surface area contributed by atoms with Crippen molar-refractivity contribution in [1.29, 1.82) is 0 Å². The van der Waals surface area contributed by atoms with Crippen LogP contribution in [0.1, 0.15) is 93.4 Å². The molecule has 210 valence electrons. The number of ether oxygens (including phenoxy) is 1. The highest BCUT2D eigenvalue weighted by Crippen LogP contribution is 2.68. The normalized spacial score (nSPS) is 41.6. The first kappa shape index (κ1) is 28.8. The minimum atomic E-state index is -1.82. The Hall–Kier alpha value is 0.274. The van der Waals surface area contributed by atoms with Gasteiger partial charge in [-0.15, -0.1) is 0 Å². The molecule has 6 heteroatoms. The van der Waals surface area contributed by atoms with E-state index in [-0.39, 0.29) is 27.8 Å². The molecule has 2 aliphatic heterocycles. The molecule has 0 aromatic rings. The smallest absolute Gasteiger partial charge is 0.192 e. The SMILES string of the molecule is CC[Si](CC)(CC)O[C@H]1C=C2C=C3CC[C@]4(C)[C@@H](O[Si](C)(C)C(C)(C)C)CC[C@H]4[C@@]34CC[C@]2(C[C@H]1Br)O4. The van der Waals surface area contributed by atoms with E-state index < -0.39 is 16.6 Å². The van der Waals surface area contributed by atoms with Gasteiger partial charge in [-0.05, 0) is 110 Å². The van der Waals surface area contributed by atoms with Gasteiger partial charge in [0, 0.05) is 4.83 Å². The average molecular weight is 610 g/mol. The molecule has 5 rings (SSSR count). The fourth-order valence-corrected chi connectivity index (χ4v) is 13.7. The van der Waals surface area contributed by atoms with Gasteiger partial charge in [0.25, 0.3) is 0 Å². The van der Waals surface area contributed by atoms with Crippen LogP contribution in [0, 0.1) is 11.3 Å². The van der Waals surface area contributed by atoms with Gasteiger partial charge in [-0.1, -0.05) is 70.5 Å². The highest BCUT2D eigenvalue weighted by atomic mass is 79.9. The molecular formula is C31H53BrO3Si2. The zero-order valence-electron chi connectivity index (χ0n) is 25.1. The molecule has 5 aliphatic rings. The second kappa shape index (κ2) is 9.40. The van der Waals surface area contributed by atoms with E-state index in [0.29, 0.717) is 16.8 Å². The zero-order chi connectivity index (χ0) is 27.1. The lowest BCUT2D eigenvalue weighted by molar-refractivity contribution is -0.149. The number of hydrogen-bond acceptors (Lipinski definition) is 3. The first-order valence-corrected chi connectivity index (χ1v) is 21.7. The Balaban J connectivity index is 1.45. The summed E-state index contributed by atoms with van der Waals surface area (Å²) >= 11 is 4.10. The van der Waals surface area contributed by atoms with Crippen molar-refractivity contribution in [3.63, 3.8) is 0 Å². The Morgan fingerprint density at radius 2 is 1.70 bits per heavy atom. The monoisotopic (exact) mass is 608 g/mol. The fourth-order valence-electron chi connectivity index (χ4n) is 8.47. The van der Waals surface area contributed by atoms with E-state index in [1.807, 2.05) is 0 Å². The number of fused-ring (bicyclic) bond motifs is 1. The summed E-state index contributed by atoms with van der Waals surface area (Å²) in [6.45, 7) is 21.5. The van der Waals surface area contributed by atoms with Crippen molar-refractivity contribution in [2.24, 2.45) is 11.3 Å². The van der Waals surface area contributed by atoms with Crippen LogP contribution in [0.3, 0.4) is 0 Å². The van der Waals surface area contributed by atoms with Gasteiger partial charge >= 0.3 is 0 Å². The topological polar surface area (TPSA) is 27.7 Å². The van der Waals surface area contributed by atoms with Gasteiger partial charge in [-0.2, -0.15) is 0 Å². The van der Waals surface area contributed by atoms with Crippen LogP contribution in [0.2, 0.25) is 36.3 Å². The Morgan fingerprint density at radius 1 is 1.03 bits per heavy atom. The van der Waals surface area contributed by atoms with Gasteiger partial charge < -0.3 is 13.6 Å². The second-order valence-corrected chi connectivity index (χ2v) is 25.5. The standard InChI is InChI=1S/C31H53BrO3Si2/c1-10-37(11-2,12-3)33-25-20-23-19-22-15-16-29(7)26(13-14-27(29)34-36(8,9)28(4,5)6)31(22)18-17-30(23,35-31)21-24(25)32/h19-20,24-27H,10-18,21H2,1-9H3/t24-,25+,26-,27+,29+,30-,31-/m1/s1. The van der Waals surface area contributed by atoms with E-state index in [1.54, 1.807) is 5.57 Å². The van der Waals surface area contributed by atoms with Gasteiger partial charge in [0.1, 0.15) is 0 Å². The minimum Gasteiger partial charge on any atom is -0.413 e. The number of alkyl halides is 1. The first-order chi connectivity index (χ1) is 17.2. The van der Waals surface area contributed by atoms with Crippen LogP contribution >= 0.6 is 15.9 Å². The lowest BCUT2D eigenvalue weighted by Gasteiger charge is -2.56. The lowest BCUT2D eigenvalue weighted by atomic mass is 9.58. The summed E-state index contributed by atoms with van der Waals surface area (Å²) in [6, 6.07) is 3.59. The van der Waals surface area contributed by atoms with Crippen molar-refractivity contribution in [1.82, 2.24) is 0 Å². The molecule has 3 nitrogen and oxygen atoms in total. The highest BCUT2D eigenvalue weighted by molar-refractivity contribution is 9.09. The summed E-state index contributed by atoms with van der Waals surface area (Å²) in [7, 11) is -3.50. The van der Waals surface area contributed by atoms with Crippen molar-refractivity contribution in [2.75, 3.05) is 0 Å². The van der Waals surface area contributed by atoms with Gasteiger partial charge in [-0.3, -0.25) is 0 Å². The van der Waals surface area contributed by atoms with Crippen molar-refractivity contribution in [3.8, 4) is 0 Å². The Bertz CT molecular complexity index is 958. The molecule has 2 saturated carbocycles. The van der Waals surface area contributed by atoms with E-state index in [9.17, 15) is 0 Å². The summed E-state index contributed by atoms with van der Waals surface area (Å²) in [5.41, 5.74) is 3.01. The largest absolute Gasteiger partial charge is 0.413 e. The summed E-state index contributed by atoms with van der Waals surface area (Å²) in [6.07, 6.45) is 13.8. The molecule has 0 amide bonds. The predicted octanol–water partition coefficient (Wildman–Crippen LogP) is 9.30. The lowest BCUT2D eigenvalue weighted by Crippen LogP contribution is -2.57. The quantitative estimate of drug-likeness (QED) is 0.213. The van der Waals surface area contributed by atoms with Crippen LogP contribution in [0.25, 0.3) is 0 Å². The first-order valence-electron chi connectivity index (χ1n) is 15.3. The molecule has 7 atom stereocenters. The fraction of sp³-hybridized carbons (Fsp3) is 0.871. The maximum Gasteiger partial charge on any atom is 0.192 e. The third-order valence-electron chi connectivity index (χ3n) is 12.2. The summed E-state index contributed by atoms with van der Waals surface area (Å²) in [5.74, 6) is 0.568. The Morgan fingerprint density at radius 3 is 2.32 bits per heavy atom. The molecule has 0 aromatic heterocycles. The summed E-state index contributed by atoms with van der Waals surface area (Å²) in [5, 5.41) is 0.247. The molecular weight excluding hydrogens is 556 g/mol. The average Bonchev–Trinajstić information content (AvgIpc) is 3.32. The Kier molecular flexibility index (Phi) is 7.32. The van der Waals surface area contributed by atoms with Crippen molar-refractivity contribution in [2.45, 2.75) is 158 Å². The van der Waals surface area contributed by atoms with Gasteiger partial charge in [0.15, 0.2) is 16.6 Å². The molecule has 37 heavy (non-hydrogen) atoms. The van der Waals surface area contributed by atoms with E-state index in [0.717, 1.165) is 19.3 Å². The van der Waals surface area contributed by atoms with E-state index in [2.05, 4.69) is 89.6 Å². The van der Waals surface area contributed by atoms with Crippen molar-refractivity contribution in [3.05, 3.63) is 23.3 Å². The van der Waals surface area contributed by atoms with Crippen molar-refractivity contribution >= 4 is 32.6 Å². The minimum absolute atomic E-state index is 0.0783. The molecule has 2 spiro atoms. The van der Waals surface area contributed by atoms with Crippen LogP contribution in [-0.4, -0.2) is 44.9 Å². The van der Waals surface area contributed by atoms with Crippen molar-refractivity contribution < 1.29 is 13.6 Å². The molecule has 0 aromatic carbocycles. The van der Waals surface area contributed by atoms with Crippen LogP contribution in [-0.2, 0) is 13.6 Å². The van der Waals surface area contributed by atoms with Crippen LogP contribution < -0.4 is 0 Å². The number of hydrogen-bond donors (Lipinski definition) is 0. The molecule has 2 bridgehead atoms. The Labute approximate surface area is 237 Å². The zero-order valence-corrected chi connectivity index (χ0v) is 28.7. The summed E-state index contributed by atoms with van der Waals surface area (Å²) in [4.78, 5) is 0.325. The van der Waals surface area contributed by atoms with Crippen LogP contribution in [0.4, 0.5) is 0 Å². The molecule has 3 aliphatic carbocycles. The van der Waals surface area contributed by atoms with Crippen LogP contribution in [0.5, 0.6) is 0 Å².